The van der Waals surface area contributed by atoms with E-state index in [9.17, 15) is 4.79 Å². The Balaban J connectivity index is 1.72. The molecule has 0 unspecified atom stereocenters. The highest BCUT2D eigenvalue weighted by atomic mass is 32.1. The van der Waals surface area contributed by atoms with E-state index < -0.39 is 0 Å². The number of rotatable bonds is 6. The molecule has 1 aromatic carbocycles. The van der Waals surface area contributed by atoms with E-state index >= 15 is 0 Å². The Hall–Kier alpha value is -2.80. The van der Waals surface area contributed by atoms with E-state index in [1.807, 2.05) is 51.3 Å². The maximum atomic E-state index is 12.8. The van der Waals surface area contributed by atoms with Gasteiger partial charge in [0.25, 0.3) is 0 Å². The van der Waals surface area contributed by atoms with Crippen LogP contribution in [-0.2, 0) is 6.54 Å². The Labute approximate surface area is 169 Å². The second-order valence-electron chi connectivity index (χ2n) is 7.17. The van der Waals surface area contributed by atoms with Gasteiger partial charge >= 0.3 is 6.03 Å². The number of carbonyl (C=O) groups excluding carboxylic acids is 1. The minimum absolute atomic E-state index is 0.0411. The van der Waals surface area contributed by atoms with E-state index in [1.165, 1.54) is 0 Å². The predicted molar refractivity (Wildman–Crippen MR) is 113 cm³/mol. The van der Waals surface area contributed by atoms with Crippen LogP contribution in [0.25, 0.3) is 10.6 Å². The van der Waals surface area contributed by atoms with Crippen LogP contribution in [0.2, 0.25) is 0 Å². The van der Waals surface area contributed by atoms with Crippen molar-refractivity contribution in [3.05, 3.63) is 59.6 Å². The number of thiazole rings is 1. The lowest BCUT2D eigenvalue weighted by molar-refractivity contribution is 0.193. The maximum Gasteiger partial charge on any atom is 0.322 e. The molecule has 1 N–H and O–H groups in total. The van der Waals surface area contributed by atoms with E-state index in [0.29, 0.717) is 12.2 Å². The van der Waals surface area contributed by atoms with Gasteiger partial charge in [-0.1, -0.05) is 32.0 Å². The fourth-order valence-electron chi connectivity index (χ4n) is 2.75. The highest BCUT2D eigenvalue weighted by Gasteiger charge is 2.18. The lowest BCUT2D eigenvalue weighted by Gasteiger charge is -2.27. The second kappa shape index (κ2) is 8.93. The third-order valence-corrected chi connectivity index (χ3v) is 5.11. The molecule has 0 aliphatic carbocycles. The van der Waals surface area contributed by atoms with Gasteiger partial charge in [0.1, 0.15) is 10.8 Å². The standard InChI is InChI=1S/C21H25N5OS/c1-14(2)19-23-11-18(12-24-19)25-21(27)26(15(3)4)13-16-6-5-7-17(10-16)20-22-8-9-28-20/h5-12,14-15H,13H2,1-4H3,(H,25,27). The van der Waals surface area contributed by atoms with Crippen LogP contribution in [0, 0.1) is 0 Å². The van der Waals surface area contributed by atoms with Crippen molar-refractivity contribution >= 4 is 23.1 Å². The SMILES string of the molecule is CC(C)c1ncc(NC(=O)N(Cc2cccc(-c3nccs3)c2)C(C)C)cn1. The minimum Gasteiger partial charge on any atom is -0.318 e. The molecule has 28 heavy (non-hydrogen) atoms. The lowest BCUT2D eigenvalue weighted by Crippen LogP contribution is -2.39. The van der Waals surface area contributed by atoms with E-state index in [-0.39, 0.29) is 18.0 Å². The van der Waals surface area contributed by atoms with Crippen molar-refractivity contribution in [2.75, 3.05) is 5.32 Å². The molecular formula is C21H25N5OS. The van der Waals surface area contributed by atoms with Crippen LogP contribution in [0.1, 0.15) is 45.0 Å². The number of nitrogens with one attached hydrogen (secondary N) is 1. The van der Waals surface area contributed by atoms with E-state index in [2.05, 4.69) is 26.3 Å². The smallest absolute Gasteiger partial charge is 0.318 e. The van der Waals surface area contributed by atoms with Crippen LogP contribution in [-0.4, -0.2) is 31.9 Å². The van der Waals surface area contributed by atoms with E-state index in [0.717, 1.165) is 22.0 Å². The summed E-state index contributed by atoms with van der Waals surface area (Å²) in [6.07, 6.45) is 5.11. The Morgan fingerprint density at radius 2 is 1.89 bits per heavy atom. The van der Waals surface area contributed by atoms with Gasteiger partial charge in [-0.25, -0.2) is 19.7 Å². The first kappa shape index (κ1) is 19.9. The summed E-state index contributed by atoms with van der Waals surface area (Å²) in [4.78, 5) is 27.6. The number of hydrogen-bond donors (Lipinski definition) is 1. The molecule has 6 nitrogen and oxygen atoms in total. The predicted octanol–water partition coefficient (Wildman–Crippen LogP) is 5.17. The molecule has 3 rings (SSSR count). The second-order valence-corrected chi connectivity index (χ2v) is 8.07. The highest BCUT2D eigenvalue weighted by Crippen LogP contribution is 2.23. The molecule has 0 radical (unpaired) electrons. The molecule has 0 atom stereocenters. The molecule has 0 fully saturated rings. The summed E-state index contributed by atoms with van der Waals surface area (Å²) >= 11 is 1.60. The number of urea groups is 1. The third-order valence-electron chi connectivity index (χ3n) is 4.28. The molecule has 3 aromatic rings. The van der Waals surface area contributed by atoms with Gasteiger partial charge in [0, 0.05) is 35.6 Å². The van der Waals surface area contributed by atoms with Crippen LogP contribution in [0.4, 0.5) is 10.5 Å². The van der Waals surface area contributed by atoms with Gasteiger partial charge in [0.05, 0.1) is 18.1 Å². The molecule has 0 aliphatic rings. The molecule has 0 spiro atoms. The van der Waals surface area contributed by atoms with Gasteiger partial charge < -0.3 is 10.2 Å². The largest absolute Gasteiger partial charge is 0.322 e. The van der Waals surface area contributed by atoms with Crippen molar-refractivity contribution in [3.8, 4) is 10.6 Å². The molecule has 2 amide bonds. The van der Waals surface area contributed by atoms with Crippen molar-refractivity contribution in [1.29, 1.82) is 0 Å². The number of carbonyl (C=O) groups is 1. The maximum absolute atomic E-state index is 12.8. The van der Waals surface area contributed by atoms with Gasteiger partial charge in [-0.15, -0.1) is 11.3 Å². The molecular weight excluding hydrogens is 370 g/mol. The van der Waals surface area contributed by atoms with E-state index in [1.54, 1.807) is 34.8 Å². The van der Waals surface area contributed by atoms with Crippen LogP contribution in [0.15, 0.2) is 48.2 Å². The normalized spacial score (nSPS) is 11.1. The van der Waals surface area contributed by atoms with Crippen LogP contribution >= 0.6 is 11.3 Å². The van der Waals surface area contributed by atoms with Gasteiger partial charge in [-0.3, -0.25) is 0 Å². The third kappa shape index (κ3) is 4.92. The quantitative estimate of drug-likeness (QED) is 0.625. The monoisotopic (exact) mass is 395 g/mol. The molecule has 0 saturated carbocycles. The summed E-state index contributed by atoms with van der Waals surface area (Å²) in [6.45, 7) is 8.58. The van der Waals surface area contributed by atoms with Gasteiger partial charge in [-0.05, 0) is 25.5 Å². The summed E-state index contributed by atoms with van der Waals surface area (Å²) in [7, 11) is 0. The Morgan fingerprint density at radius 1 is 1.14 bits per heavy atom. The Kier molecular flexibility index (Phi) is 6.36. The average molecular weight is 396 g/mol. The van der Waals surface area contributed by atoms with Crippen LogP contribution < -0.4 is 5.32 Å². The molecule has 7 heteroatoms. The topological polar surface area (TPSA) is 71.0 Å². The number of amides is 2. The zero-order valence-corrected chi connectivity index (χ0v) is 17.4. The molecule has 2 heterocycles. The summed E-state index contributed by atoms with van der Waals surface area (Å²) in [6, 6.07) is 8.02. The number of hydrogen-bond acceptors (Lipinski definition) is 5. The van der Waals surface area contributed by atoms with Crippen molar-refractivity contribution in [2.24, 2.45) is 0 Å². The van der Waals surface area contributed by atoms with Crippen LogP contribution in [0.3, 0.4) is 0 Å². The Bertz CT molecular complexity index is 907. The zero-order valence-electron chi connectivity index (χ0n) is 16.6. The molecule has 0 aliphatic heterocycles. The number of nitrogens with zero attached hydrogens (tertiary/aromatic N) is 4. The molecule has 0 bridgehead atoms. The van der Waals surface area contributed by atoms with Crippen molar-refractivity contribution in [1.82, 2.24) is 19.9 Å². The van der Waals surface area contributed by atoms with E-state index in [4.69, 9.17) is 0 Å². The number of aromatic nitrogens is 3. The highest BCUT2D eigenvalue weighted by molar-refractivity contribution is 7.13. The molecule has 2 aromatic heterocycles. The van der Waals surface area contributed by atoms with Gasteiger partial charge in [-0.2, -0.15) is 0 Å². The number of anilines is 1. The lowest BCUT2D eigenvalue weighted by atomic mass is 10.1. The zero-order chi connectivity index (χ0) is 20.1. The first-order valence-electron chi connectivity index (χ1n) is 9.32. The van der Waals surface area contributed by atoms with Crippen molar-refractivity contribution in [2.45, 2.75) is 46.2 Å². The van der Waals surface area contributed by atoms with Gasteiger partial charge in [0.15, 0.2) is 0 Å². The Morgan fingerprint density at radius 3 is 2.50 bits per heavy atom. The molecule has 146 valence electrons. The van der Waals surface area contributed by atoms with Crippen molar-refractivity contribution < 1.29 is 4.79 Å². The van der Waals surface area contributed by atoms with Crippen molar-refractivity contribution in [3.63, 3.8) is 0 Å². The minimum atomic E-state index is -0.171. The molecule has 0 saturated heterocycles. The summed E-state index contributed by atoms with van der Waals surface area (Å²) < 4.78 is 0. The fourth-order valence-corrected chi connectivity index (χ4v) is 3.39. The first-order chi connectivity index (χ1) is 13.4. The first-order valence-corrected chi connectivity index (χ1v) is 10.2. The summed E-state index contributed by atoms with van der Waals surface area (Å²) in [5, 5.41) is 5.84. The summed E-state index contributed by atoms with van der Waals surface area (Å²) in [5.41, 5.74) is 2.72. The average Bonchev–Trinajstić information content (AvgIpc) is 3.21. The van der Waals surface area contributed by atoms with Gasteiger partial charge in [0.2, 0.25) is 0 Å². The summed E-state index contributed by atoms with van der Waals surface area (Å²) in [5.74, 6) is 1.01. The van der Waals surface area contributed by atoms with Crippen LogP contribution in [0.5, 0.6) is 0 Å². The number of benzene rings is 1. The fraction of sp³-hybridized carbons (Fsp3) is 0.333.